The second-order valence-corrected chi connectivity index (χ2v) is 5.25. The molecule has 0 unspecified atom stereocenters. The molecular formula is C14H20N4O3. The molecule has 1 aromatic rings. The van der Waals surface area contributed by atoms with Crippen LogP contribution in [0.2, 0.25) is 0 Å². The van der Waals surface area contributed by atoms with Crippen LogP contribution in [0, 0.1) is 0 Å². The molecule has 1 atom stereocenters. The molecule has 7 heteroatoms. The monoisotopic (exact) mass is 292 g/mol. The maximum atomic E-state index is 12.5. The summed E-state index contributed by atoms with van der Waals surface area (Å²) in [5, 5.41) is 0. The third kappa shape index (κ3) is 3.60. The molecule has 0 N–H and O–H groups in total. The van der Waals surface area contributed by atoms with Gasteiger partial charge in [0.2, 0.25) is 5.88 Å². The minimum Gasteiger partial charge on any atom is -0.471 e. The molecule has 0 aromatic carbocycles. The van der Waals surface area contributed by atoms with Crippen molar-refractivity contribution < 1.29 is 14.3 Å². The van der Waals surface area contributed by atoms with Crippen molar-refractivity contribution in [1.82, 2.24) is 19.8 Å². The van der Waals surface area contributed by atoms with Crippen LogP contribution in [0.15, 0.2) is 18.6 Å². The molecule has 1 aromatic heterocycles. The van der Waals surface area contributed by atoms with Gasteiger partial charge >= 0.3 is 6.03 Å². The normalized spacial score (nSPS) is 23.0. The Morgan fingerprint density at radius 1 is 1.24 bits per heavy atom. The van der Waals surface area contributed by atoms with E-state index in [9.17, 15) is 4.79 Å². The lowest BCUT2D eigenvalue weighted by Gasteiger charge is -2.37. The summed E-state index contributed by atoms with van der Waals surface area (Å²) in [6, 6.07) is 0.0887. The number of hydrogen-bond acceptors (Lipinski definition) is 5. The molecule has 2 aliphatic rings. The number of morpholine rings is 1. The van der Waals surface area contributed by atoms with Crippen LogP contribution >= 0.6 is 0 Å². The van der Waals surface area contributed by atoms with E-state index in [4.69, 9.17) is 9.47 Å². The van der Waals surface area contributed by atoms with Gasteiger partial charge in [-0.15, -0.1) is 0 Å². The van der Waals surface area contributed by atoms with E-state index in [-0.39, 0.29) is 12.1 Å². The van der Waals surface area contributed by atoms with E-state index in [1.165, 1.54) is 0 Å². The number of hydrogen-bond donors (Lipinski definition) is 0. The van der Waals surface area contributed by atoms with Crippen LogP contribution in [-0.2, 0) is 4.74 Å². The molecule has 0 bridgehead atoms. The molecule has 2 aliphatic heterocycles. The van der Waals surface area contributed by atoms with Gasteiger partial charge in [0.05, 0.1) is 26.0 Å². The number of urea groups is 1. The molecule has 0 aliphatic carbocycles. The first kappa shape index (κ1) is 14.1. The van der Waals surface area contributed by atoms with Crippen molar-refractivity contribution >= 4 is 6.03 Å². The van der Waals surface area contributed by atoms with E-state index in [0.717, 1.165) is 19.4 Å². The van der Waals surface area contributed by atoms with Crippen LogP contribution in [-0.4, -0.2) is 71.3 Å². The summed E-state index contributed by atoms with van der Waals surface area (Å²) >= 11 is 0. The molecule has 21 heavy (non-hydrogen) atoms. The first-order chi connectivity index (χ1) is 10.3. The molecule has 2 fully saturated rings. The lowest BCUT2D eigenvalue weighted by Crippen LogP contribution is -2.52. The lowest BCUT2D eigenvalue weighted by atomic mass is 10.1. The van der Waals surface area contributed by atoms with Crippen molar-refractivity contribution in [1.29, 1.82) is 0 Å². The van der Waals surface area contributed by atoms with Crippen molar-refractivity contribution in [2.24, 2.45) is 0 Å². The van der Waals surface area contributed by atoms with Crippen LogP contribution < -0.4 is 4.74 Å². The topological polar surface area (TPSA) is 67.8 Å². The second-order valence-electron chi connectivity index (χ2n) is 5.25. The second kappa shape index (κ2) is 6.71. The highest BCUT2D eigenvalue weighted by atomic mass is 16.5. The quantitative estimate of drug-likeness (QED) is 0.805. The van der Waals surface area contributed by atoms with Crippen molar-refractivity contribution in [3.8, 4) is 5.88 Å². The predicted molar refractivity (Wildman–Crippen MR) is 75.0 cm³/mol. The van der Waals surface area contributed by atoms with Crippen LogP contribution in [0.1, 0.15) is 12.8 Å². The molecule has 3 heterocycles. The summed E-state index contributed by atoms with van der Waals surface area (Å²) in [4.78, 5) is 24.3. The Bertz CT molecular complexity index is 465. The SMILES string of the molecule is O=C(N1CCOCC1)N1CCC[C@H](Oc2cnccn2)C1. The van der Waals surface area contributed by atoms with Gasteiger partial charge in [-0.05, 0) is 12.8 Å². The number of carbonyl (C=O) groups is 1. The van der Waals surface area contributed by atoms with Crippen molar-refractivity contribution in [3.63, 3.8) is 0 Å². The number of aromatic nitrogens is 2. The van der Waals surface area contributed by atoms with Gasteiger partial charge < -0.3 is 19.3 Å². The smallest absolute Gasteiger partial charge is 0.320 e. The first-order valence-electron chi connectivity index (χ1n) is 7.37. The average Bonchev–Trinajstić information content (AvgIpc) is 2.56. The van der Waals surface area contributed by atoms with Gasteiger partial charge in [0.15, 0.2) is 0 Å². The van der Waals surface area contributed by atoms with E-state index in [1.807, 2.05) is 9.80 Å². The Balaban J connectivity index is 1.56. The molecule has 0 saturated carbocycles. The molecule has 0 radical (unpaired) electrons. The standard InChI is InChI=1S/C14H20N4O3/c19-14(17-6-8-20-9-7-17)18-5-1-2-12(11-18)21-13-10-15-3-4-16-13/h3-4,10,12H,1-2,5-9,11H2/t12-/m0/s1. The minimum atomic E-state index is -0.0135. The predicted octanol–water partition coefficient (Wildman–Crippen LogP) is 0.772. The number of rotatable bonds is 2. The van der Waals surface area contributed by atoms with Gasteiger partial charge in [-0.2, -0.15) is 0 Å². The number of carbonyl (C=O) groups excluding carboxylic acids is 1. The number of piperidine rings is 1. The van der Waals surface area contributed by atoms with Gasteiger partial charge in [0, 0.05) is 32.0 Å². The number of ether oxygens (including phenoxy) is 2. The van der Waals surface area contributed by atoms with Crippen LogP contribution in [0.25, 0.3) is 0 Å². The van der Waals surface area contributed by atoms with Crippen molar-refractivity contribution in [2.75, 3.05) is 39.4 Å². The van der Waals surface area contributed by atoms with Crippen LogP contribution in [0.3, 0.4) is 0 Å². The highest BCUT2D eigenvalue weighted by Gasteiger charge is 2.29. The molecule has 0 spiro atoms. The van der Waals surface area contributed by atoms with Gasteiger partial charge in [-0.1, -0.05) is 0 Å². The molecule has 2 amide bonds. The summed E-state index contributed by atoms with van der Waals surface area (Å²) in [5.74, 6) is 0.517. The van der Waals surface area contributed by atoms with Gasteiger partial charge in [0.1, 0.15) is 6.10 Å². The largest absolute Gasteiger partial charge is 0.471 e. The highest BCUT2D eigenvalue weighted by molar-refractivity contribution is 5.74. The summed E-state index contributed by atoms with van der Waals surface area (Å²) in [5.41, 5.74) is 0. The van der Waals surface area contributed by atoms with Gasteiger partial charge in [0.25, 0.3) is 0 Å². The Morgan fingerprint density at radius 3 is 2.86 bits per heavy atom. The van der Waals surface area contributed by atoms with E-state index < -0.39 is 0 Å². The molecule has 2 saturated heterocycles. The highest BCUT2D eigenvalue weighted by Crippen LogP contribution is 2.17. The number of nitrogens with zero attached hydrogens (tertiary/aromatic N) is 4. The molecule has 3 rings (SSSR count). The zero-order valence-corrected chi connectivity index (χ0v) is 12.0. The van der Waals surface area contributed by atoms with Crippen molar-refractivity contribution in [2.45, 2.75) is 18.9 Å². The summed E-state index contributed by atoms with van der Waals surface area (Å²) in [7, 11) is 0. The molecular weight excluding hydrogens is 272 g/mol. The minimum absolute atomic E-state index is 0.0135. The van der Waals surface area contributed by atoms with Crippen molar-refractivity contribution in [3.05, 3.63) is 18.6 Å². The Morgan fingerprint density at radius 2 is 2.10 bits per heavy atom. The average molecular weight is 292 g/mol. The van der Waals surface area contributed by atoms with Crippen LogP contribution in [0.5, 0.6) is 5.88 Å². The first-order valence-corrected chi connectivity index (χ1v) is 7.37. The molecule has 114 valence electrons. The van der Waals surface area contributed by atoms with E-state index in [1.54, 1.807) is 18.6 Å². The maximum absolute atomic E-state index is 12.5. The fourth-order valence-corrected chi connectivity index (χ4v) is 2.68. The third-order valence-corrected chi connectivity index (χ3v) is 3.76. The Kier molecular flexibility index (Phi) is 4.49. The van der Waals surface area contributed by atoms with E-state index >= 15 is 0 Å². The van der Waals surface area contributed by atoms with E-state index in [0.29, 0.717) is 38.7 Å². The summed E-state index contributed by atoms with van der Waals surface area (Å²) < 4.78 is 11.1. The maximum Gasteiger partial charge on any atom is 0.320 e. The van der Waals surface area contributed by atoms with Gasteiger partial charge in [-0.3, -0.25) is 4.98 Å². The fraction of sp³-hybridized carbons (Fsp3) is 0.643. The zero-order chi connectivity index (χ0) is 14.5. The zero-order valence-electron chi connectivity index (χ0n) is 12.0. The third-order valence-electron chi connectivity index (χ3n) is 3.76. The fourth-order valence-electron chi connectivity index (χ4n) is 2.68. The molecule has 7 nitrogen and oxygen atoms in total. The van der Waals surface area contributed by atoms with Gasteiger partial charge in [-0.25, -0.2) is 9.78 Å². The Hall–Kier alpha value is -1.89. The lowest BCUT2D eigenvalue weighted by molar-refractivity contribution is 0.0325. The van der Waals surface area contributed by atoms with E-state index in [2.05, 4.69) is 9.97 Å². The summed E-state index contributed by atoms with van der Waals surface area (Å²) in [6.45, 7) is 3.98. The number of amides is 2. The summed E-state index contributed by atoms with van der Waals surface area (Å²) in [6.07, 6.45) is 6.68. The van der Waals surface area contributed by atoms with Crippen LogP contribution in [0.4, 0.5) is 4.79 Å². The Labute approximate surface area is 123 Å². The number of likely N-dealkylation sites (tertiary alicyclic amines) is 1.